The molecule has 5 nitrogen and oxygen atoms in total. The predicted molar refractivity (Wildman–Crippen MR) is 83.6 cm³/mol. The Balaban J connectivity index is 2.15. The number of rotatable bonds is 6. The molecule has 1 aromatic heterocycles. The van der Waals surface area contributed by atoms with Gasteiger partial charge in [-0.2, -0.15) is 0 Å². The van der Waals surface area contributed by atoms with Gasteiger partial charge in [-0.15, -0.1) is 11.3 Å². The van der Waals surface area contributed by atoms with E-state index < -0.39 is 4.92 Å². The molecule has 0 aliphatic heterocycles. The zero-order chi connectivity index (χ0) is 14.5. The molecule has 0 saturated heterocycles. The molecule has 106 valence electrons. The van der Waals surface area contributed by atoms with E-state index in [-0.39, 0.29) is 5.69 Å². The number of hydrogen-bond acceptors (Lipinski definition) is 5. The first kappa shape index (κ1) is 14.8. The molecule has 0 spiro atoms. The van der Waals surface area contributed by atoms with Crippen LogP contribution >= 0.6 is 27.3 Å². The molecule has 0 aliphatic rings. The fourth-order valence-electron chi connectivity index (χ4n) is 1.68. The van der Waals surface area contributed by atoms with Crippen LogP contribution in [0.5, 0.6) is 5.75 Å². The fourth-order valence-corrected chi connectivity index (χ4v) is 3.10. The molecule has 1 heterocycles. The first-order valence-corrected chi connectivity index (χ1v) is 7.60. The normalized spacial score (nSPS) is 10.3. The van der Waals surface area contributed by atoms with Gasteiger partial charge in [0.2, 0.25) is 0 Å². The predicted octanol–water partition coefficient (Wildman–Crippen LogP) is 4.43. The molecule has 0 bridgehead atoms. The molecule has 2 aromatic rings. The molecular formula is C13H13BrN2O3S. The van der Waals surface area contributed by atoms with E-state index in [0.717, 1.165) is 8.66 Å². The number of hydrogen-bond donors (Lipinski definition) is 1. The van der Waals surface area contributed by atoms with Gasteiger partial charge in [0.15, 0.2) is 0 Å². The number of thiophene rings is 1. The Labute approximate surface area is 128 Å². The van der Waals surface area contributed by atoms with Gasteiger partial charge in [-0.25, -0.2) is 0 Å². The lowest BCUT2D eigenvalue weighted by Crippen LogP contribution is -2.00. The Bertz CT molecular complexity index is 615. The van der Waals surface area contributed by atoms with Crippen LogP contribution in [0.1, 0.15) is 11.8 Å². The minimum atomic E-state index is -0.421. The van der Waals surface area contributed by atoms with E-state index in [1.165, 1.54) is 12.1 Å². The standard InChI is InChI=1S/C13H13BrN2O3S/c1-2-19-11-6-9(5-10(7-11)16(17)18)15-8-12-3-4-13(14)20-12/h3-7,15H,2,8H2,1H3. The first-order chi connectivity index (χ1) is 9.58. The molecule has 7 heteroatoms. The smallest absolute Gasteiger partial charge is 0.275 e. The molecular weight excluding hydrogens is 344 g/mol. The second-order valence-corrected chi connectivity index (χ2v) is 6.51. The van der Waals surface area contributed by atoms with Gasteiger partial charge in [-0.05, 0) is 35.0 Å². The van der Waals surface area contributed by atoms with Crippen molar-refractivity contribution < 1.29 is 9.66 Å². The number of nitro benzene ring substituents is 1. The molecule has 0 atom stereocenters. The molecule has 0 radical (unpaired) electrons. The van der Waals surface area contributed by atoms with Crippen LogP contribution in [-0.4, -0.2) is 11.5 Å². The Kier molecular flexibility index (Phi) is 4.97. The number of ether oxygens (including phenoxy) is 1. The van der Waals surface area contributed by atoms with E-state index in [4.69, 9.17) is 4.74 Å². The molecule has 2 rings (SSSR count). The number of anilines is 1. The maximum atomic E-state index is 10.9. The number of halogens is 1. The van der Waals surface area contributed by atoms with Crippen molar-refractivity contribution in [2.75, 3.05) is 11.9 Å². The van der Waals surface area contributed by atoms with Crippen molar-refractivity contribution in [1.82, 2.24) is 0 Å². The third-order valence-corrected chi connectivity index (χ3v) is 4.13. The third-order valence-electron chi connectivity index (χ3n) is 2.51. The zero-order valence-electron chi connectivity index (χ0n) is 10.8. The molecule has 0 unspecified atom stereocenters. The van der Waals surface area contributed by atoms with Gasteiger partial charge in [-0.3, -0.25) is 10.1 Å². The summed E-state index contributed by atoms with van der Waals surface area (Å²) < 4.78 is 6.40. The average molecular weight is 357 g/mol. The number of non-ortho nitro benzene ring substituents is 1. The van der Waals surface area contributed by atoms with Crippen molar-refractivity contribution in [3.8, 4) is 5.75 Å². The van der Waals surface area contributed by atoms with Gasteiger partial charge in [0.25, 0.3) is 5.69 Å². The van der Waals surface area contributed by atoms with Crippen LogP contribution in [0, 0.1) is 10.1 Å². The number of nitrogens with one attached hydrogen (secondary N) is 1. The Hall–Kier alpha value is -1.60. The second-order valence-electron chi connectivity index (χ2n) is 3.97. The minimum Gasteiger partial charge on any atom is -0.494 e. The number of nitro groups is 1. The highest BCUT2D eigenvalue weighted by Crippen LogP contribution is 2.27. The summed E-state index contributed by atoms with van der Waals surface area (Å²) >= 11 is 5.02. The van der Waals surface area contributed by atoms with Crippen LogP contribution in [0.25, 0.3) is 0 Å². The van der Waals surface area contributed by atoms with Crippen molar-refractivity contribution in [2.45, 2.75) is 13.5 Å². The maximum Gasteiger partial charge on any atom is 0.275 e. The third kappa shape index (κ3) is 3.94. The van der Waals surface area contributed by atoms with Gasteiger partial charge < -0.3 is 10.1 Å². The van der Waals surface area contributed by atoms with Crippen molar-refractivity contribution >= 4 is 38.6 Å². The monoisotopic (exact) mass is 356 g/mol. The van der Waals surface area contributed by atoms with Crippen LogP contribution in [0.2, 0.25) is 0 Å². The largest absolute Gasteiger partial charge is 0.494 e. The van der Waals surface area contributed by atoms with Gasteiger partial charge in [0.05, 0.1) is 21.4 Å². The lowest BCUT2D eigenvalue weighted by Gasteiger charge is -2.08. The summed E-state index contributed by atoms with van der Waals surface area (Å²) in [4.78, 5) is 11.6. The summed E-state index contributed by atoms with van der Waals surface area (Å²) in [5, 5.41) is 14.1. The summed E-state index contributed by atoms with van der Waals surface area (Å²) in [5.74, 6) is 0.497. The van der Waals surface area contributed by atoms with E-state index in [0.29, 0.717) is 24.6 Å². The molecule has 0 amide bonds. The van der Waals surface area contributed by atoms with Crippen molar-refractivity contribution in [2.24, 2.45) is 0 Å². The van der Waals surface area contributed by atoms with Crippen LogP contribution < -0.4 is 10.1 Å². The van der Waals surface area contributed by atoms with E-state index in [1.54, 1.807) is 17.4 Å². The van der Waals surface area contributed by atoms with Crippen LogP contribution in [-0.2, 0) is 6.54 Å². The molecule has 0 saturated carbocycles. The summed E-state index contributed by atoms with van der Waals surface area (Å²) in [6.45, 7) is 2.93. The second kappa shape index (κ2) is 6.71. The quantitative estimate of drug-likeness (QED) is 0.614. The lowest BCUT2D eigenvalue weighted by molar-refractivity contribution is -0.384. The molecule has 1 aromatic carbocycles. The lowest BCUT2D eigenvalue weighted by atomic mass is 10.2. The Morgan fingerprint density at radius 2 is 2.20 bits per heavy atom. The molecule has 0 fully saturated rings. The van der Waals surface area contributed by atoms with E-state index in [2.05, 4.69) is 21.2 Å². The first-order valence-electron chi connectivity index (χ1n) is 5.99. The maximum absolute atomic E-state index is 10.9. The Morgan fingerprint density at radius 1 is 1.40 bits per heavy atom. The molecule has 20 heavy (non-hydrogen) atoms. The van der Waals surface area contributed by atoms with E-state index >= 15 is 0 Å². The average Bonchev–Trinajstić information content (AvgIpc) is 2.82. The van der Waals surface area contributed by atoms with E-state index in [9.17, 15) is 10.1 Å². The molecule has 1 N–H and O–H groups in total. The van der Waals surface area contributed by atoms with Gasteiger partial charge >= 0.3 is 0 Å². The SMILES string of the molecule is CCOc1cc(NCc2ccc(Br)s2)cc([N+](=O)[O-])c1. The van der Waals surface area contributed by atoms with Crippen LogP contribution in [0.15, 0.2) is 34.1 Å². The fraction of sp³-hybridized carbons (Fsp3) is 0.231. The molecule has 0 aliphatic carbocycles. The highest BCUT2D eigenvalue weighted by molar-refractivity contribution is 9.11. The van der Waals surface area contributed by atoms with Crippen molar-refractivity contribution in [3.63, 3.8) is 0 Å². The topological polar surface area (TPSA) is 64.4 Å². The zero-order valence-corrected chi connectivity index (χ0v) is 13.2. The van der Waals surface area contributed by atoms with Crippen molar-refractivity contribution in [1.29, 1.82) is 0 Å². The highest BCUT2D eigenvalue weighted by atomic mass is 79.9. The number of nitrogens with zero attached hydrogens (tertiary/aromatic N) is 1. The summed E-state index contributed by atoms with van der Waals surface area (Å²) in [7, 11) is 0. The summed E-state index contributed by atoms with van der Waals surface area (Å²) in [5.41, 5.74) is 0.693. The summed E-state index contributed by atoms with van der Waals surface area (Å²) in [6.07, 6.45) is 0. The van der Waals surface area contributed by atoms with Gasteiger partial charge in [0.1, 0.15) is 5.75 Å². The van der Waals surface area contributed by atoms with Gasteiger partial charge in [0, 0.05) is 29.2 Å². The summed E-state index contributed by atoms with van der Waals surface area (Å²) in [6, 6.07) is 8.67. The van der Waals surface area contributed by atoms with Gasteiger partial charge in [-0.1, -0.05) is 0 Å². The number of benzene rings is 1. The minimum absolute atomic E-state index is 0.0193. The Morgan fingerprint density at radius 3 is 2.80 bits per heavy atom. The van der Waals surface area contributed by atoms with Crippen LogP contribution in [0.3, 0.4) is 0 Å². The van der Waals surface area contributed by atoms with Crippen LogP contribution in [0.4, 0.5) is 11.4 Å². The van der Waals surface area contributed by atoms with E-state index in [1.807, 2.05) is 19.1 Å². The van der Waals surface area contributed by atoms with Crippen molar-refractivity contribution in [3.05, 3.63) is 49.1 Å². The highest BCUT2D eigenvalue weighted by Gasteiger charge is 2.10.